The van der Waals surface area contributed by atoms with E-state index in [1.165, 1.54) is 11.3 Å². The van der Waals surface area contributed by atoms with Gasteiger partial charge in [0, 0.05) is 12.6 Å². The van der Waals surface area contributed by atoms with Gasteiger partial charge in [-0.15, -0.1) is 0 Å². The fourth-order valence-electron chi connectivity index (χ4n) is 1.57. The van der Waals surface area contributed by atoms with Crippen LogP contribution in [0.2, 0.25) is 0 Å². The van der Waals surface area contributed by atoms with Crippen LogP contribution >= 0.6 is 11.3 Å². The molecule has 0 spiro atoms. The number of nitrogens with zero attached hydrogens (tertiary/aromatic N) is 2. The van der Waals surface area contributed by atoms with Gasteiger partial charge in [0.25, 0.3) is 5.56 Å². The molecule has 0 saturated carbocycles. The van der Waals surface area contributed by atoms with Gasteiger partial charge in [0.15, 0.2) is 4.80 Å². The van der Waals surface area contributed by atoms with Crippen molar-refractivity contribution in [1.82, 2.24) is 4.57 Å². The molecule has 5 heteroatoms. The number of rotatable bonds is 1. The molecular weight excluding hydrogens is 212 g/mol. The summed E-state index contributed by atoms with van der Waals surface area (Å²) in [5, 5.41) is 0. The zero-order valence-corrected chi connectivity index (χ0v) is 8.66. The average Bonchev–Trinajstić information content (AvgIpc) is 2.89. The van der Waals surface area contributed by atoms with Crippen LogP contribution in [-0.2, 0) is 6.54 Å². The number of thiazole rings is 1. The summed E-state index contributed by atoms with van der Waals surface area (Å²) in [5.41, 5.74) is 0.0349. The molecule has 0 aromatic carbocycles. The van der Waals surface area contributed by atoms with Gasteiger partial charge < -0.3 is 4.42 Å². The van der Waals surface area contributed by atoms with Gasteiger partial charge >= 0.3 is 0 Å². The van der Waals surface area contributed by atoms with Crippen molar-refractivity contribution in [2.45, 2.75) is 6.54 Å². The Morgan fingerprint density at radius 1 is 1.60 bits per heavy atom. The second-order valence-electron chi connectivity index (χ2n) is 3.25. The van der Waals surface area contributed by atoms with E-state index in [0.29, 0.717) is 16.8 Å². The van der Waals surface area contributed by atoms with E-state index >= 15 is 0 Å². The summed E-state index contributed by atoms with van der Waals surface area (Å²) in [6.07, 6.45) is 3.35. The first kappa shape index (κ1) is 8.67. The Morgan fingerprint density at radius 2 is 2.53 bits per heavy atom. The first-order valence-electron chi connectivity index (χ1n) is 4.64. The molecule has 2 aromatic rings. The molecule has 0 unspecified atom stereocenters. The Kier molecular flexibility index (Phi) is 1.85. The molecule has 0 atom stereocenters. The van der Waals surface area contributed by atoms with Crippen molar-refractivity contribution in [2.75, 3.05) is 6.54 Å². The summed E-state index contributed by atoms with van der Waals surface area (Å²) in [6.45, 7) is 1.43. The number of hydrogen-bond donors (Lipinski definition) is 0. The number of fused-ring (bicyclic) bond motifs is 1. The molecule has 0 saturated heterocycles. The van der Waals surface area contributed by atoms with Crippen LogP contribution in [0.5, 0.6) is 0 Å². The van der Waals surface area contributed by atoms with Gasteiger partial charge in [-0.2, -0.15) is 0 Å². The van der Waals surface area contributed by atoms with Crippen LogP contribution in [0.1, 0.15) is 5.76 Å². The van der Waals surface area contributed by atoms with Crippen LogP contribution in [-0.4, -0.2) is 11.1 Å². The zero-order chi connectivity index (χ0) is 10.3. The predicted molar refractivity (Wildman–Crippen MR) is 56.5 cm³/mol. The van der Waals surface area contributed by atoms with Crippen LogP contribution in [0.3, 0.4) is 0 Å². The maximum atomic E-state index is 11.8. The van der Waals surface area contributed by atoms with Gasteiger partial charge in [0.1, 0.15) is 5.76 Å². The molecule has 1 aliphatic rings. The molecule has 0 aliphatic carbocycles. The summed E-state index contributed by atoms with van der Waals surface area (Å²) in [7, 11) is 0. The minimum absolute atomic E-state index is 0.0349. The lowest BCUT2D eigenvalue weighted by atomic mass is 10.4. The molecular formula is C10H8N2O2S. The molecule has 0 N–H and O–H groups in total. The van der Waals surface area contributed by atoms with Crippen molar-refractivity contribution >= 4 is 17.4 Å². The fourth-order valence-corrected chi connectivity index (χ4v) is 2.58. The van der Waals surface area contributed by atoms with E-state index in [2.05, 4.69) is 4.99 Å². The monoisotopic (exact) mass is 220 g/mol. The minimum Gasteiger partial charge on any atom is -0.465 e. The van der Waals surface area contributed by atoms with Crippen molar-refractivity contribution in [1.29, 1.82) is 0 Å². The summed E-state index contributed by atoms with van der Waals surface area (Å²) in [5.74, 6) is 0.702. The van der Waals surface area contributed by atoms with Gasteiger partial charge in [-0.25, -0.2) is 0 Å². The van der Waals surface area contributed by atoms with E-state index in [0.717, 1.165) is 11.3 Å². The third-order valence-electron chi connectivity index (χ3n) is 2.28. The van der Waals surface area contributed by atoms with E-state index in [1.807, 2.05) is 6.07 Å². The molecule has 76 valence electrons. The molecule has 3 heterocycles. The minimum atomic E-state index is 0.0349. The van der Waals surface area contributed by atoms with Crippen molar-refractivity contribution in [3.63, 3.8) is 0 Å². The first-order chi connectivity index (χ1) is 7.34. The molecule has 0 radical (unpaired) electrons. The Balaban J connectivity index is 2.26. The zero-order valence-electron chi connectivity index (χ0n) is 7.84. The molecule has 0 amide bonds. The Hall–Kier alpha value is -1.62. The Labute approximate surface area is 88.8 Å². The summed E-state index contributed by atoms with van der Waals surface area (Å²) < 4.78 is 7.56. The quantitative estimate of drug-likeness (QED) is 0.677. The van der Waals surface area contributed by atoms with Gasteiger partial charge in [-0.3, -0.25) is 14.4 Å². The van der Waals surface area contributed by atoms with Crippen LogP contribution in [0.4, 0.5) is 0 Å². The van der Waals surface area contributed by atoms with Gasteiger partial charge in [-0.1, -0.05) is 11.3 Å². The smallest absolute Gasteiger partial charge is 0.270 e. The topological polar surface area (TPSA) is 47.5 Å². The lowest BCUT2D eigenvalue weighted by Gasteiger charge is -1.85. The molecule has 1 aliphatic heterocycles. The second kappa shape index (κ2) is 3.20. The highest BCUT2D eigenvalue weighted by Gasteiger charge is 2.09. The van der Waals surface area contributed by atoms with Crippen molar-refractivity contribution < 1.29 is 4.42 Å². The van der Waals surface area contributed by atoms with E-state index in [1.54, 1.807) is 23.0 Å². The molecule has 0 bridgehead atoms. The largest absolute Gasteiger partial charge is 0.465 e. The molecule has 4 nitrogen and oxygen atoms in total. The van der Waals surface area contributed by atoms with Crippen LogP contribution in [0.15, 0.2) is 32.6 Å². The summed E-state index contributed by atoms with van der Waals surface area (Å²) >= 11 is 1.42. The normalized spacial score (nSPS) is 15.3. The lowest BCUT2D eigenvalue weighted by molar-refractivity contribution is 0.556. The number of hydrogen-bond acceptors (Lipinski definition) is 4. The number of furan rings is 1. The maximum Gasteiger partial charge on any atom is 0.270 e. The van der Waals surface area contributed by atoms with E-state index in [-0.39, 0.29) is 5.56 Å². The maximum absolute atomic E-state index is 11.8. The predicted octanol–water partition coefficient (Wildman–Crippen LogP) is -0.0352. The highest BCUT2D eigenvalue weighted by Crippen LogP contribution is 1.99. The van der Waals surface area contributed by atoms with Crippen LogP contribution in [0.25, 0.3) is 6.08 Å². The van der Waals surface area contributed by atoms with Gasteiger partial charge in [0.2, 0.25) is 0 Å². The average molecular weight is 220 g/mol. The highest BCUT2D eigenvalue weighted by molar-refractivity contribution is 7.07. The molecule has 0 fully saturated rings. The van der Waals surface area contributed by atoms with Gasteiger partial charge in [-0.05, 0) is 12.1 Å². The number of aromatic nitrogens is 1. The van der Waals surface area contributed by atoms with Crippen LogP contribution < -0.4 is 14.9 Å². The molecule has 15 heavy (non-hydrogen) atoms. The molecule has 3 rings (SSSR count). The van der Waals surface area contributed by atoms with Crippen molar-refractivity contribution in [3.8, 4) is 0 Å². The van der Waals surface area contributed by atoms with E-state index in [4.69, 9.17) is 4.42 Å². The summed E-state index contributed by atoms with van der Waals surface area (Å²) in [6, 6.07) is 3.63. The standard InChI is InChI=1S/C10H8N2O2S/c13-9-8(6-7-2-1-5-14-7)15-10-11-3-4-12(9)10/h1-2,5-6H,3-4H2/b8-6-. The fraction of sp³-hybridized carbons (Fsp3) is 0.200. The lowest BCUT2D eigenvalue weighted by Crippen LogP contribution is -2.29. The second-order valence-corrected chi connectivity index (χ2v) is 4.26. The summed E-state index contributed by atoms with van der Waals surface area (Å²) in [4.78, 5) is 16.9. The third kappa shape index (κ3) is 1.35. The highest BCUT2D eigenvalue weighted by atomic mass is 32.1. The van der Waals surface area contributed by atoms with Crippen molar-refractivity contribution in [2.24, 2.45) is 4.99 Å². The van der Waals surface area contributed by atoms with Crippen molar-refractivity contribution in [3.05, 3.63) is 43.8 Å². The van der Waals surface area contributed by atoms with E-state index < -0.39 is 0 Å². The molecule has 2 aromatic heterocycles. The Bertz CT molecular complexity index is 649. The van der Waals surface area contributed by atoms with Gasteiger partial charge in [0.05, 0.1) is 17.3 Å². The third-order valence-corrected chi connectivity index (χ3v) is 3.32. The SMILES string of the molecule is O=c1/c(=C/c2ccco2)sc2n1CCN=2. The van der Waals surface area contributed by atoms with Crippen LogP contribution in [0, 0.1) is 0 Å². The van der Waals surface area contributed by atoms with E-state index in [9.17, 15) is 4.79 Å². The Morgan fingerprint density at radius 3 is 3.27 bits per heavy atom. The first-order valence-corrected chi connectivity index (χ1v) is 5.45.